The molecule has 1 fully saturated rings. The third kappa shape index (κ3) is 4.00. The lowest BCUT2D eigenvalue weighted by Gasteiger charge is -2.34. The zero-order valence-corrected chi connectivity index (χ0v) is 15.2. The van der Waals surface area contributed by atoms with Gasteiger partial charge in [0.1, 0.15) is 5.82 Å². The van der Waals surface area contributed by atoms with Crippen molar-refractivity contribution in [2.24, 2.45) is 0 Å². The van der Waals surface area contributed by atoms with E-state index in [1.807, 2.05) is 24.4 Å². The van der Waals surface area contributed by atoms with Crippen molar-refractivity contribution in [3.05, 3.63) is 40.5 Å². The highest BCUT2D eigenvalue weighted by Gasteiger charge is 2.17. The number of anilines is 3. The topological polar surface area (TPSA) is 44.3 Å². The normalized spacial score (nSPS) is 15.7. The third-order valence-corrected chi connectivity index (χ3v) is 5.09. The molecule has 6 heteroatoms. The second-order valence-corrected chi connectivity index (χ2v) is 6.60. The third-order valence-electron chi connectivity index (χ3n) is 4.20. The zero-order chi connectivity index (χ0) is 16.2. The average molecular weight is 376 g/mol. The smallest absolute Gasteiger partial charge is 0.229 e. The molecule has 1 aromatic carbocycles. The molecule has 1 aliphatic rings. The molecule has 1 N–H and O–H groups in total. The van der Waals surface area contributed by atoms with Gasteiger partial charge in [-0.05, 0) is 43.3 Å². The highest BCUT2D eigenvalue weighted by Crippen LogP contribution is 2.22. The molecule has 1 aliphatic heterocycles. The predicted octanol–water partition coefficient (Wildman–Crippen LogP) is 3.43. The van der Waals surface area contributed by atoms with E-state index in [9.17, 15) is 0 Å². The number of halogens is 1. The SMILES string of the molecule is CCN1CCN(c2ccnc(Nc3ccc(Br)c(C)c3)n2)CC1. The van der Waals surface area contributed by atoms with Crippen LogP contribution >= 0.6 is 15.9 Å². The molecule has 0 radical (unpaired) electrons. The van der Waals surface area contributed by atoms with Crippen LogP contribution in [-0.4, -0.2) is 47.6 Å². The van der Waals surface area contributed by atoms with Crippen molar-refractivity contribution in [1.82, 2.24) is 14.9 Å². The van der Waals surface area contributed by atoms with Crippen LogP contribution in [-0.2, 0) is 0 Å². The lowest BCUT2D eigenvalue weighted by Crippen LogP contribution is -2.46. The minimum absolute atomic E-state index is 0.641. The van der Waals surface area contributed by atoms with Crippen LogP contribution in [0.1, 0.15) is 12.5 Å². The van der Waals surface area contributed by atoms with Crippen LogP contribution < -0.4 is 10.2 Å². The van der Waals surface area contributed by atoms with E-state index in [0.717, 1.165) is 48.7 Å². The lowest BCUT2D eigenvalue weighted by atomic mass is 10.2. The van der Waals surface area contributed by atoms with E-state index in [2.05, 4.69) is 60.9 Å². The van der Waals surface area contributed by atoms with E-state index >= 15 is 0 Å². The maximum absolute atomic E-state index is 4.67. The second kappa shape index (κ2) is 7.27. The van der Waals surface area contributed by atoms with Crippen LogP contribution in [0.3, 0.4) is 0 Å². The van der Waals surface area contributed by atoms with Gasteiger partial charge in [-0.2, -0.15) is 4.98 Å². The number of nitrogens with zero attached hydrogens (tertiary/aromatic N) is 4. The molecule has 0 amide bonds. The molecule has 0 bridgehead atoms. The molecular weight excluding hydrogens is 354 g/mol. The maximum atomic E-state index is 4.67. The van der Waals surface area contributed by atoms with Gasteiger partial charge in [0, 0.05) is 42.5 Å². The molecule has 122 valence electrons. The molecule has 3 rings (SSSR count). The average Bonchev–Trinajstić information content (AvgIpc) is 2.58. The minimum atomic E-state index is 0.641. The number of benzene rings is 1. The summed E-state index contributed by atoms with van der Waals surface area (Å²) in [6, 6.07) is 8.12. The highest BCUT2D eigenvalue weighted by atomic mass is 79.9. The number of hydrogen-bond acceptors (Lipinski definition) is 5. The number of aromatic nitrogens is 2. The van der Waals surface area contributed by atoms with E-state index in [-0.39, 0.29) is 0 Å². The van der Waals surface area contributed by atoms with Crippen molar-refractivity contribution in [2.75, 3.05) is 42.9 Å². The van der Waals surface area contributed by atoms with Crippen molar-refractivity contribution in [2.45, 2.75) is 13.8 Å². The van der Waals surface area contributed by atoms with Gasteiger partial charge in [0.15, 0.2) is 0 Å². The van der Waals surface area contributed by atoms with Crippen LogP contribution in [0, 0.1) is 6.92 Å². The summed E-state index contributed by atoms with van der Waals surface area (Å²) >= 11 is 3.52. The van der Waals surface area contributed by atoms with Crippen LogP contribution in [0.15, 0.2) is 34.9 Å². The molecule has 2 heterocycles. The largest absolute Gasteiger partial charge is 0.354 e. The fraction of sp³-hybridized carbons (Fsp3) is 0.412. The van der Waals surface area contributed by atoms with Gasteiger partial charge in [-0.3, -0.25) is 0 Å². The van der Waals surface area contributed by atoms with E-state index in [1.165, 1.54) is 5.56 Å². The summed E-state index contributed by atoms with van der Waals surface area (Å²) in [5.41, 5.74) is 2.18. The van der Waals surface area contributed by atoms with E-state index in [4.69, 9.17) is 0 Å². The molecule has 2 aromatic rings. The molecule has 0 unspecified atom stereocenters. The number of hydrogen-bond donors (Lipinski definition) is 1. The van der Waals surface area contributed by atoms with Gasteiger partial charge >= 0.3 is 0 Å². The molecular formula is C17H22BrN5. The number of nitrogens with one attached hydrogen (secondary N) is 1. The fourth-order valence-electron chi connectivity index (χ4n) is 2.73. The van der Waals surface area contributed by atoms with E-state index < -0.39 is 0 Å². The quantitative estimate of drug-likeness (QED) is 0.886. The lowest BCUT2D eigenvalue weighted by molar-refractivity contribution is 0.270. The fourth-order valence-corrected chi connectivity index (χ4v) is 2.98. The van der Waals surface area contributed by atoms with Gasteiger partial charge in [0.05, 0.1) is 0 Å². The Balaban J connectivity index is 1.71. The van der Waals surface area contributed by atoms with Gasteiger partial charge in [0.25, 0.3) is 0 Å². The molecule has 1 saturated heterocycles. The van der Waals surface area contributed by atoms with Crippen LogP contribution in [0.25, 0.3) is 0 Å². The van der Waals surface area contributed by atoms with Crippen LogP contribution in [0.5, 0.6) is 0 Å². The molecule has 0 saturated carbocycles. The summed E-state index contributed by atoms with van der Waals surface area (Å²) in [5, 5.41) is 3.29. The Morgan fingerprint density at radius 1 is 1.17 bits per heavy atom. The standard InChI is InChI=1S/C17H22BrN5/c1-3-22-8-10-23(11-9-22)16-6-7-19-17(21-16)20-14-4-5-15(18)13(2)12-14/h4-7,12H,3,8-11H2,1-2H3,(H,19,20,21). The Kier molecular flexibility index (Phi) is 5.13. The van der Waals surface area contributed by atoms with Crippen molar-refractivity contribution in [3.8, 4) is 0 Å². The van der Waals surface area contributed by atoms with Crippen molar-refractivity contribution < 1.29 is 0 Å². The van der Waals surface area contributed by atoms with Crippen molar-refractivity contribution >= 4 is 33.4 Å². The number of likely N-dealkylation sites (N-methyl/N-ethyl adjacent to an activating group) is 1. The van der Waals surface area contributed by atoms with Gasteiger partial charge in [0.2, 0.25) is 5.95 Å². The summed E-state index contributed by atoms with van der Waals surface area (Å²) in [6.07, 6.45) is 1.82. The Morgan fingerprint density at radius 3 is 2.65 bits per heavy atom. The Hall–Kier alpha value is -1.66. The van der Waals surface area contributed by atoms with Gasteiger partial charge in [-0.25, -0.2) is 4.98 Å². The first kappa shape index (κ1) is 16.2. The van der Waals surface area contributed by atoms with Gasteiger partial charge in [-0.1, -0.05) is 22.9 Å². The minimum Gasteiger partial charge on any atom is -0.354 e. The first-order valence-corrected chi connectivity index (χ1v) is 8.78. The van der Waals surface area contributed by atoms with E-state index in [1.54, 1.807) is 0 Å². The monoisotopic (exact) mass is 375 g/mol. The number of aryl methyl sites for hydroxylation is 1. The van der Waals surface area contributed by atoms with Crippen molar-refractivity contribution in [1.29, 1.82) is 0 Å². The Bertz CT molecular complexity index is 668. The molecule has 0 atom stereocenters. The zero-order valence-electron chi connectivity index (χ0n) is 13.6. The summed E-state index contributed by atoms with van der Waals surface area (Å²) in [5.74, 6) is 1.63. The molecule has 5 nitrogen and oxygen atoms in total. The van der Waals surface area contributed by atoms with Crippen molar-refractivity contribution in [3.63, 3.8) is 0 Å². The molecule has 23 heavy (non-hydrogen) atoms. The maximum Gasteiger partial charge on any atom is 0.229 e. The summed E-state index contributed by atoms with van der Waals surface area (Å²) in [4.78, 5) is 13.8. The summed E-state index contributed by atoms with van der Waals surface area (Å²) < 4.78 is 1.10. The predicted molar refractivity (Wildman–Crippen MR) is 98.5 cm³/mol. The Morgan fingerprint density at radius 2 is 1.96 bits per heavy atom. The Labute approximate surface area is 145 Å². The van der Waals surface area contributed by atoms with Crippen LogP contribution in [0.2, 0.25) is 0 Å². The van der Waals surface area contributed by atoms with Gasteiger partial charge in [-0.15, -0.1) is 0 Å². The van der Waals surface area contributed by atoms with Crippen LogP contribution in [0.4, 0.5) is 17.5 Å². The number of piperazine rings is 1. The molecule has 1 aromatic heterocycles. The highest BCUT2D eigenvalue weighted by molar-refractivity contribution is 9.10. The molecule has 0 aliphatic carbocycles. The van der Waals surface area contributed by atoms with Gasteiger partial charge < -0.3 is 15.1 Å². The first-order chi connectivity index (χ1) is 11.2. The first-order valence-electron chi connectivity index (χ1n) is 7.99. The summed E-state index contributed by atoms with van der Waals surface area (Å²) in [6.45, 7) is 9.61. The number of rotatable bonds is 4. The summed E-state index contributed by atoms with van der Waals surface area (Å²) in [7, 11) is 0. The molecule has 0 spiro atoms. The van der Waals surface area contributed by atoms with E-state index in [0.29, 0.717) is 5.95 Å². The second-order valence-electron chi connectivity index (χ2n) is 5.75.